The van der Waals surface area contributed by atoms with E-state index >= 15 is 0 Å². The van der Waals surface area contributed by atoms with Gasteiger partial charge in [0.2, 0.25) is 0 Å². The van der Waals surface area contributed by atoms with Crippen LogP contribution in [0.1, 0.15) is 19.3 Å². The first-order valence-corrected chi connectivity index (χ1v) is 5.36. The van der Waals surface area contributed by atoms with Gasteiger partial charge in [-0.15, -0.1) is 0 Å². The number of hydrogen-bond donors (Lipinski definition) is 1. The largest absolute Gasteiger partial charge is 0.395 e. The first kappa shape index (κ1) is 9.44. The normalized spacial score (nSPS) is 37.4. The summed E-state index contributed by atoms with van der Waals surface area (Å²) in [5, 5.41) is 9.24. The van der Waals surface area contributed by atoms with Crippen molar-refractivity contribution in [2.24, 2.45) is 0 Å². The van der Waals surface area contributed by atoms with E-state index in [1.165, 1.54) is 25.8 Å². The number of hydrogen-bond acceptors (Lipinski definition) is 3. The fraction of sp³-hybridized carbons (Fsp3) is 1.00. The molecule has 2 fully saturated rings. The molecule has 2 rings (SSSR count). The maximum atomic E-state index is 9.24. The van der Waals surface area contributed by atoms with E-state index in [1.54, 1.807) is 0 Å². The lowest BCUT2D eigenvalue weighted by Crippen LogP contribution is -2.58. The van der Waals surface area contributed by atoms with Gasteiger partial charge in [0.1, 0.15) is 0 Å². The van der Waals surface area contributed by atoms with E-state index < -0.39 is 0 Å². The van der Waals surface area contributed by atoms with Gasteiger partial charge in [0, 0.05) is 31.7 Å². The van der Waals surface area contributed by atoms with Crippen molar-refractivity contribution in [2.75, 3.05) is 33.3 Å². The third kappa shape index (κ3) is 1.87. The highest BCUT2D eigenvalue weighted by Gasteiger charge is 2.33. The molecule has 0 bridgehead atoms. The summed E-state index contributed by atoms with van der Waals surface area (Å²) in [6, 6.07) is 1.16. The Hall–Kier alpha value is -0.120. The van der Waals surface area contributed by atoms with Gasteiger partial charge in [0.05, 0.1) is 6.61 Å². The Bertz CT molecular complexity index is 174. The first-order chi connectivity index (χ1) is 6.31. The van der Waals surface area contributed by atoms with Gasteiger partial charge in [0.25, 0.3) is 0 Å². The standard InChI is InChI=1S/C10H20N2O/c1-11-5-6-12-9(7-11)3-2-4-10(12)8-13/h9-10,13H,2-8H2,1H3/t9-,10+/m0/s1. The molecule has 0 radical (unpaired) electrons. The third-order valence-electron chi connectivity index (χ3n) is 3.49. The Labute approximate surface area is 80.3 Å². The van der Waals surface area contributed by atoms with E-state index in [-0.39, 0.29) is 0 Å². The SMILES string of the molecule is CN1CCN2[C@@H](CO)CCC[C@H]2C1. The van der Waals surface area contributed by atoms with Crippen LogP contribution >= 0.6 is 0 Å². The second-order valence-electron chi connectivity index (χ2n) is 4.42. The van der Waals surface area contributed by atoms with Crippen LogP contribution in [0.5, 0.6) is 0 Å². The van der Waals surface area contributed by atoms with E-state index in [0.29, 0.717) is 18.7 Å². The molecule has 0 unspecified atom stereocenters. The van der Waals surface area contributed by atoms with E-state index in [0.717, 1.165) is 13.1 Å². The van der Waals surface area contributed by atoms with Crippen LogP contribution in [0, 0.1) is 0 Å². The number of likely N-dealkylation sites (N-methyl/N-ethyl adjacent to an activating group) is 1. The zero-order valence-corrected chi connectivity index (χ0v) is 8.45. The Kier molecular flexibility index (Phi) is 2.86. The molecule has 2 aliphatic heterocycles. The summed E-state index contributed by atoms with van der Waals surface area (Å²) in [6.45, 7) is 3.84. The highest BCUT2D eigenvalue weighted by molar-refractivity contribution is 4.89. The molecule has 2 saturated heterocycles. The Balaban J connectivity index is 1.99. The predicted molar refractivity (Wildman–Crippen MR) is 52.7 cm³/mol. The lowest BCUT2D eigenvalue weighted by molar-refractivity contribution is -0.00261. The molecule has 0 aromatic rings. The lowest BCUT2D eigenvalue weighted by atomic mass is 9.94. The summed E-state index contributed by atoms with van der Waals surface area (Å²) in [5.74, 6) is 0. The molecule has 3 heteroatoms. The van der Waals surface area contributed by atoms with Gasteiger partial charge in [-0.2, -0.15) is 0 Å². The molecule has 0 saturated carbocycles. The van der Waals surface area contributed by atoms with Crippen molar-refractivity contribution < 1.29 is 5.11 Å². The molecule has 3 nitrogen and oxygen atoms in total. The van der Waals surface area contributed by atoms with Crippen LogP contribution in [0.4, 0.5) is 0 Å². The number of aliphatic hydroxyl groups excluding tert-OH is 1. The zero-order valence-electron chi connectivity index (χ0n) is 8.45. The molecule has 0 aromatic heterocycles. The van der Waals surface area contributed by atoms with Gasteiger partial charge in [-0.1, -0.05) is 6.42 Å². The minimum Gasteiger partial charge on any atom is -0.395 e. The predicted octanol–water partition coefficient (Wildman–Crippen LogP) is 0.147. The molecule has 0 amide bonds. The monoisotopic (exact) mass is 184 g/mol. The summed E-state index contributed by atoms with van der Waals surface area (Å²) >= 11 is 0. The number of piperazine rings is 1. The quantitative estimate of drug-likeness (QED) is 0.628. The molecule has 2 aliphatic rings. The maximum absolute atomic E-state index is 9.24. The summed E-state index contributed by atoms with van der Waals surface area (Å²) in [6.07, 6.45) is 3.80. The van der Waals surface area contributed by atoms with Crippen molar-refractivity contribution in [2.45, 2.75) is 31.3 Å². The topological polar surface area (TPSA) is 26.7 Å². The van der Waals surface area contributed by atoms with Crippen LogP contribution in [0.2, 0.25) is 0 Å². The fourth-order valence-electron chi connectivity index (χ4n) is 2.71. The van der Waals surface area contributed by atoms with E-state index in [4.69, 9.17) is 0 Å². The van der Waals surface area contributed by atoms with Crippen LogP contribution in [0.15, 0.2) is 0 Å². The van der Waals surface area contributed by atoms with Gasteiger partial charge in [-0.25, -0.2) is 0 Å². The molecule has 2 heterocycles. The van der Waals surface area contributed by atoms with Gasteiger partial charge in [-0.3, -0.25) is 4.90 Å². The molecular formula is C10H20N2O. The Morgan fingerprint density at radius 3 is 2.92 bits per heavy atom. The average Bonchev–Trinajstić information content (AvgIpc) is 2.16. The highest BCUT2D eigenvalue weighted by Crippen LogP contribution is 2.25. The van der Waals surface area contributed by atoms with Crippen molar-refractivity contribution in [3.8, 4) is 0 Å². The van der Waals surface area contributed by atoms with Crippen LogP contribution in [0.3, 0.4) is 0 Å². The first-order valence-electron chi connectivity index (χ1n) is 5.36. The molecule has 76 valence electrons. The Morgan fingerprint density at radius 2 is 2.15 bits per heavy atom. The summed E-state index contributed by atoms with van der Waals surface area (Å²) < 4.78 is 0. The smallest absolute Gasteiger partial charge is 0.0587 e. The molecule has 13 heavy (non-hydrogen) atoms. The van der Waals surface area contributed by atoms with Gasteiger partial charge in [0.15, 0.2) is 0 Å². The molecule has 0 aromatic carbocycles. The van der Waals surface area contributed by atoms with Crippen LogP contribution in [-0.2, 0) is 0 Å². The van der Waals surface area contributed by atoms with E-state index in [1.807, 2.05) is 0 Å². The van der Waals surface area contributed by atoms with E-state index in [9.17, 15) is 5.11 Å². The van der Waals surface area contributed by atoms with Crippen LogP contribution in [-0.4, -0.2) is 60.3 Å². The zero-order chi connectivity index (χ0) is 9.26. The lowest BCUT2D eigenvalue weighted by Gasteiger charge is -2.47. The fourth-order valence-corrected chi connectivity index (χ4v) is 2.71. The van der Waals surface area contributed by atoms with Crippen LogP contribution in [0.25, 0.3) is 0 Å². The molecule has 0 spiro atoms. The summed E-state index contributed by atoms with van der Waals surface area (Å²) in [4.78, 5) is 4.92. The van der Waals surface area contributed by atoms with Crippen molar-refractivity contribution in [3.63, 3.8) is 0 Å². The minimum atomic E-state index is 0.347. The van der Waals surface area contributed by atoms with Crippen molar-refractivity contribution >= 4 is 0 Å². The maximum Gasteiger partial charge on any atom is 0.0587 e. The Morgan fingerprint density at radius 1 is 1.31 bits per heavy atom. The number of nitrogens with zero attached hydrogens (tertiary/aromatic N) is 2. The molecule has 2 atom stereocenters. The highest BCUT2D eigenvalue weighted by atomic mass is 16.3. The van der Waals surface area contributed by atoms with Gasteiger partial charge in [-0.05, 0) is 19.9 Å². The number of aliphatic hydroxyl groups is 1. The minimum absolute atomic E-state index is 0.347. The third-order valence-corrected chi connectivity index (χ3v) is 3.49. The number of fused-ring (bicyclic) bond motifs is 1. The second-order valence-corrected chi connectivity index (χ2v) is 4.42. The molecular weight excluding hydrogens is 164 g/mol. The summed E-state index contributed by atoms with van der Waals surface area (Å²) in [7, 11) is 2.19. The van der Waals surface area contributed by atoms with Crippen LogP contribution < -0.4 is 0 Å². The summed E-state index contributed by atoms with van der Waals surface area (Å²) in [5.41, 5.74) is 0. The van der Waals surface area contributed by atoms with Crippen molar-refractivity contribution in [1.29, 1.82) is 0 Å². The van der Waals surface area contributed by atoms with E-state index in [2.05, 4.69) is 16.8 Å². The van der Waals surface area contributed by atoms with Crippen molar-refractivity contribution in [1.82, 2.24) is 9.80 Å². The molecule has 0 aliphatic carbocycles. The van der Waals surface area contributed by atoms with Gasteiger partial charge >= 0.3 is 0 Å². The average molecular weight is 184 g/mol. The number of rotatable bonds is 1. The number of piperidine rings is 1. The van der Waals surface area contributed by atoms with Gasteiger partial charge < -0.3 is 10.0 Å². The second kappa shape index (κ2) is 3.95. The molecule has 1 N–H and O–H groups in total. The van der Waals surface area contributed by atoms with Crippen molar-refractivity contribution in [3.05, 3.63) is 0 Å².